The minimum atomic E-state index is 0.715. The van der Waals surface area contributed by atoms with E-state index in [4.69, 9.17) is 9.47 Å². The maximum Gasteiger partial charge on any atom is 0.203 e. The van der Waals surface area contributed by atoms with Crippen molar-refractivity contribution >= 4 is 23.3 Å². The Kier molecular flexibility index (Phi) is 5.27. The number of rotatable bonds is 6. The summed E-state index contributed by atoms with van der Waals surface area (Å²) in [4.78, 5) is 4.43. The molecule has 0 spiro atoms. The molecule has 28 heavy (non-hydrogen) atoms. The van der Waals surface area contributed by atoms with E-state index in [0.717, 1.165) is 38.7 Å². The molecule has 9 heteroatoms. The molecule has 142 valence electrons. The third-order valence-corrected chi connectivity index (χ3v) is 5.79. The Balaban J connectivity index is 1.80. The van der Waals surface area contributed by atoms with Gasteiger partial charge in [0.15, 0.2) is 10.2 Å². The van der Waals surface area contributed by atoms with Crippen molar-refractivity contribution in [2.75, 3.05) is 14.2 Å². The smallest absolute Gasteiger partial charge is 0.203 e. The Hall–Kier alpha value is -2.91. The summed E-state index contributed by atoms with van der Waals surface area (Å²) in [6, 6.07) is 15.5. The zero-order chi connectivity index (χ0) is 19.5. The first-order valence-corrected chi connectivity index (χ1v) is 9.99. The van der Waals surface area contributed by atoms with Crippen LogP contribution in [0.4, 0.5) is 0 Å². The van der Waals surface area contributed by atoms with Crippen LogP contribution >= 0.6 is 23.3 Å². The van der Waals surface area contributed by atoms with E-state index in [1.807, 2.05) is 60.0 Å². The lowest BCUT2D eigenvalue weighted by Crippen LogP contribution is -1.99. The van der Waals surface area contributed by atoms with Gasteiger partial charge in [-0.2, -0.15) is 4.37 Å². The quantitative estimate of drug-likeness (QED) is 0.469. The molecule has 0 amide bonds. The molecule has 4 aromatic rings. The average molecular weight is 412 g/mol. The summed E-state index contributed by atoms with van der Waals surface area (Å²) in [5.41, 5.74) is 1.87. The van der Waals surface area contributed by atoms with E-state index in [1.165, 1.54) is 23.3 Å². The van der Waals surface area contributed by atoms with Crippen molar-refractivity contribution < 1.29 is 9.47 Å². The highest BCUT2D eigenvalue weighted by atomic mass is 32.2. The first kappa shape index (κ1) is 18.5. The van der Waals surface area contributed by atoms with Crippen LogP contribution in [-0.4, -0.2) is 38.3 Å². The van der Waals surface area contributed by atoms with Crippen molar-refractivity contribution in [1.29, 1.82) is 0 Å². The number of ether oxygens (including phenoxy) is 2. The third kappa shape index (κ3) is 3.71. The number of nitrogens with zero attached hydrogens (tertiary/aromatic N) is 5. The third-order valence-electron chi connectivity index (χ3n) is 4.00. The van der Waals surface area contributed by atoms with Gasteiger partial charge in [-0.05, 0) is 78.7 Å². The maximum absolute atomic E-state index is 5.28. The molecule has 0 aliphatic rings. The summed E-state index contributed by atoms with van der Waals surface area (Å²) in [6.07, 6.45) is 0. The molecule has 2 aromatic heterocycles. The zero-order valence-electron chi connectivity index (χ0n) is 15.5. The van der Waals surface area contributed by atoms with Gasteiger partial charge in [0.05, 0.1) is 19.9 Å². The molecule has 0 radical (unpaired) electrons. The Bertz CT molecular complexity index is 1070. The van der Waals surface area contributed by atoms with Crippen LogP contribution in [0, 0.1) is 6.92 Å². The minimum absolute atomic E-state index is 0.715. The number of methoxy groups -OCH3 is 2. The van der Waals surface area contributed by atoms with Gasteiger partial charge in [-0.25, -0.2) is 4.98 Å². The van der Waals surface area contributed by atoms with Crippen molar-refractivity contribution in [2.45, 2.75) is 16.4 Å². The topological polar surface area (TPSA) is 75.0 Å². The Morgan fingerprint density at radius 1 is 0.893 bits per heavy atom. The van der Waals surface area contributed by atoms with Crippen LogP contribution in [0.25, 0.3) is 17.1 Å². The molecule has 0 N–H and O–H groups in total. The van der Waals surface area contributed by atoms with Gasteiger partial charge in [0.25, 0.3) is 0 Å². The summed E-state index contributed by atoms with van der Waals surface area (Å²) >= 11 is 2.79. The lowest BCUT2D eigenvalue weighted by molar-refractivity contribution is 0.414. The van der Waals surface area contributed by atoms with Gasteiger partial charge in [0.1, 0.15) is 17.3 Å². The fourth-order valence-corrected chi connectivity index (χ4v) is 4.23. The molecule has 0 bridgehead atoms. The van der Waals surface area contributed by atoms with Gasteiger partial charge < -0.3 is 9.47 Å². The normalized spacial score (nSPS) is 10.8. The number of benzene rings is 2. The molecule has 7 nitrogen and oxygen atoms in total. The molecule has 0 saturated heterocycles. The van der Waals surface area contributed by atoms with Gasteiger partial charge >= 0.3 is 0 Å². The molecule has 2 aromatic carbocycles. The molecule has 0 unspecified atom stereocenters. The molecule has 2 heterocycles. The van der Waals surface area contributed by atoms with Gasteiger partial charge in [-0.1, -0.05) is 0 Å². The summed E-state index contributed by atoms with van der Waals surface area (Å²) < 4.78 is 17.6. The number of aryl methyl sites for hydroxylation is 1. The maximum atomic E-state index is 5.28. The second kappa shape index (κ2) is 7.99. The monoisotopic (exact) mass is 411 g/mol. The summed E-state index contributed by atoms with van der Waals surface area (Å²) in [5.74, 6) is 3.06. The second-order valence-corrected chi connectivity index (χ2v) is 7.74. The van der Waals surface area contributed by atoms with Gasteiger partial charge in [-0.3, -0.25) is 4.57 Å². The van der Waals surface area contributed by atoms with Crippen LogP contribution in [0.2, 0.25) is 0 Å². The second-order valence-electron chi connectivity index (χ2n) is 5.78. The van der Waals surface area contributed by atoms with E-state index < -0.39 is 0 Å². The standard InChI is InChI=1S/C19H17N5O2S2/c1-12-20-19(28-23-12)27-18-22-21-17(13-4-8-15(25-2)9-5-13)24(18)14-6-10-16(26-3)11-7-14/h4-11H,1-3H3. The molecule has 0 saturated carbocycles. The summed E-state index contributed by atoms with van der Waals surface area (Å²) in [6.45, 7) is 1.87. The van der Waals surface area contributed by atoms with Crippen molar-refractivity contribution in [1.82, 2.24) is 24.1 Å². The van der Waals surface area contributed by atoms with E-state index >= 15 is 0 Å². The Morgan fingerprint density at radius 2 is 1.54 bits per heavy atom. The fourth-order valence-electron chi connectivity index (χ4n) is 2.62. The van der Waals surface area contributed by atoms with Gasteiger partial charge in [0.2, 0.25) is 5.16 Å². The summed E-state index contributed by atoms with van der Waals surface area (Å²) in [5, 5.41) is 9.57. The predicted molar refractivity (Wildman–Crippen MR) is 109 cm³/mol. The van der Waals surface area contributed by atoms with Crippen molar-refractivity contribution in [3.63, 3.8) is 0 Å². The van der Waals surface area contributed by atoms with E-state index in [-0.39, 0.29) is 0 Å². The molecule has 0 fully saturated rings. The zero-order valence-corrected chi connectivity index (χ0v) is 17.1. The highest BCUT2D eigenvalue weighted by molar-refractivity contribution is 8.00. The van der Waals surface area contributed by atoms with Gasteiger partial charge in [-0.15, -0.1) is 10.2 Å². The van der Waals surface area contributed by atoms with Gasteiger partial charge in [0, 0.05) is 5.56 Å². The molecular formula is C19H17N5O2S2. The van der Waals surface area contributed by atoms with E-state index in [9.17, 15) is 0 Å². The molecule has 4 rings (SSSR count). The van der Waals surface area contributed by atoms with Crippen LogP contribution in [0.1, 0.15) is 5.82 Å². The van der Waals surface area contributed by atoms with Crippen LogP contribution in [0.5, 0.6) is 11.5 Å². The van der Waals surface area contributed by atoms with E-state index in [2.05, 4.69) is 19.6 Å². The average Bonchev–Trinajstić information content (AvgIpc) is 3.34. The molecular weight excluding hydrogens is 394 g/mol. The predicted octanol–water partition coefficient (Wildman–Crippen LogP) is 4.26. The number of aromatic nitrogens is 5. The van der Waals surface area contributed by atoms with Crippen molar-refractivity contribution in [3.05, 3.63) is 54.4 Å². The van der Waals surface area contributed by atoms with Crippen LogP contribution < -0.4 is 9.47 Å². The highest BCUT2D eigenvalue weighted by Gasteiger charge is 2.18. The number of hydrogen-bond acceptors (Lipinski definition) is 8. The fraction of sp³-hybridized carbons (Fsp3) is 0.158. The van der Waals surface area contributed by atoms with Crippen molar-refractivity contribution in [2.24, 2.45) is 0 Å². The lowest BCUT2D eigenvalue weighted by Gasteiger charge is -2.11. The number of hydrogen-bond donors (Lipinski definition) is 0. The van der Waals surface area contributed by atoms with Crippen LogP contribution in [0.3, 0.4) is 0 Å². The highest BCUT2D eigenvalue weighted by Crippen LogP contribution is 2.33. The Morgan fingerprint density at radius 3 is 2.11 bits per heavy atom. The van der Waals surface area contributed by atoms with Crippen LogP contribution in [0.15, 0.2) is 58.0 Å². The minimum Gasteiger partial charge on any atom is -0.497 e. The van der Waals surface area contributed by atoms with E-state index in [0.29, 0.717) is 5.16 Å². The molecule has 0 atom stereocenters. The van der Waals surface area contributed by atoms with E-state index in [1.54, 1.807) is 14.2 Å². The molecule has 0 aliphatic carbocycles. The largest absolute Gasteiger partial charge is 0.497 e. The molecule has 0 aliphatic heterocycles. The Labute approximate surface area is 170 Å². The first-order valence-electron chi connectivity index (χ1n) is 8.40. The summed E-state index contributed by atoms with van der Waals surface area (Å²) in [7, 11) is 3.29. The first-order chi connectivity index (χ1) is 13.7. The lowest BCUT2D eigenvalue weighted by atomic mass is 10.2. The SMILES string of the molecule is COc1ccc(-c2nnc(Sc3nc(C)ns3)n2-c2ccc(OC)cc2)cc1. The van der Waals surface area contributed by atoms with Crippen LogP contribution in [-0.2, 0) is 0 Å². The van der Waals surface area contributed by atoms with Crippen molar-refractivity contribution in [3.8, 4) is 28.6 Å².